The predicted octanol–water partition coefficient (Wildman–Crippen LogP) is 9.77. The number of aryl methyl sites for hydroxylation is 1. The number of anilines is 1. The molecule has 0 aliphatic heterocycles. The largest absolute Gasteiger partial charge is 0.497 e. The molecule has 234 valence electrons. The van der Waals surface area contributed by atoms with Crippen LogP contribution in [-0.4, -0.2) is 32.0 Å². The van der Waals surface area contributed by atoms with Crippen molar-refractivity contribution in [2.75, 3.05) is 12.8 Å². The van der Waals surface area contributed by atoms with Crippen molar-refractivity contribution in [2.24, 2.45) is 0 Å². The summed E-state index contributed by atoms with van der Waals surface area (Å²) < 4.78 is 5.49. The van der Waals surface area contributed by atoms with Crippen molar-refractivity contribution in [3.63, 3.8) is 0 Å². The molecular weight excluding hydrogens is 605 g/mol. The van der Waals surface area contributed by atoms with Crippen LogP contribution in [0, 0.1) is 6.92 Å². The predicted molar refractivity (Wildman–Crippen MR) is 199 cm³/mol. The minimum atomic E-state index is 0.360. The van der Waals surface area contributed by atoms with Crippen molar-refractivity contribution in [1.29, 1.82) is 0 Å². The van der Waals surface area contributed by atoms with E-state index in [0.29, 0.717) is 28.1 Å². The molecule has 7 heteroatoms. The molecule has 0 aliphatic rings. The van der Waals surface area contributed by atoms with Gasteiger partial charge in [0.1, 0.15) is 17.9 Å². The number of pyridine rings is 2. The highest BCUT2D eigenvalue weighted by Gasteiger charge is 2.25. The first-order chi connectivity index (χ1) is 24.1. The van der Waals surface area contributed by atoms with E-state index in [4.69, 9.17) is 25.4 Å². The molecule has 7 nitrogen and oxygen atoms in total. The Hall–Kier alpha value is -6.60. The van der Waals surface area contributed by atoms with Crippen LogP contribution in [0.25, 0.3) is 88.5 Å². The third kappa shape index (κ3) is 4.74. The lowest BCUT2D eigenvalue weighted by Crippen LogP contribution is -2.02. The average molecular weight is 635 g/mol. The van der Waals surface area contributed by atoms with Gasteiger partial charge >= 0.3 is 0 Å². The zero-order chi connectivity index (χ0) is 33.1. The Labute approximate surface area is 282 Å². The molecule has 0 unspecified atom stereocenters. The lowest BCUT2D eigenvalue weighted by molar-refractivity contribution is 0.415. The normalized spacial score (nSPS) is 11.6. The van der Waals surface area contributed by atoms with Crippen LogP contribution in [0.4, 0.5) is 5.82 Å². The quantitative estimate of drug-likeness (QED) is 0.183. The number of nitrogen functional groups attached to an aromatic ring is 1. The lowest BCUT2D eigenvalue weighted by atomic mass is 9.94. The van der Waals surface area contributed by atoms with Crippen molar-refractivity contribution >= 4 is 49.4 Å². The Bertz CT molecular complexity index is 2720. The van der Waals surface area contributed by atoms with Crippen molar-refractivity contribution in [1.82, 2.24) is 24.9 Å². The molecule has 0 fully saturated rings. The number of nitrogens with zero attached hydrogens (tertiary/aromatic N) is 4. The van der Waals surface area contributed by atoms with Gasteiger partial charge in [0.15, 0.2) is 5.65 Å². The van der Waals surface area contributed by atoms with Crippen molar-refractivity contribution in [2.45, 2.75) is 6.92 Å². The summed E-state index contributed by atoms with van der Waals surface area (Å²) in [6.07, 6.45) is 1.53. The molecule has 9 aromatic rings. The molecule has 0 spiro atoms. The minimum Gasteiger partial charge on any atom is -0.497 e. The second kappa shape index (κ2) is 11.3. The van der Waals surface area contributed by atoms with Gasteiger partial charge in [0.25, 0.3) is 0 Å². The first-order valence-electron chi connectivity index (χ1n) is 16.1. The highest BCUT2D eigenvalue weighted by Crippen LogP contribution is 2.45. The fourth-order valence-corrected chi connectivity index (χ4v) is 6.89. The molecule has 0 amide bonds. The third-order valence-electron chi connectivity index (χ3n) is 9.25. The van der Waals surface area contributed by atoms with E-state index < -0.39 is 0 Å². The molecular formula is C42H30N6O. The molecule has 0 atom stereocenters. The van der Waals surface area contributed by atoms with Gasteiger partial charge < -0.3 is 15.5 Å². The van der Waals surface area contributed by atoms with E-state index in [1.807, 2.05) is 48.5 Å². The standard InChI is InChI=1S/C42H30N6O/c1-24-13-18-33-32(19-24)35(38(46-33)26-11-7-4-8-12-26)40-37-39(44-23-45-41(37)43)36-31(22-34(47-42(36)48-40)25-9-5-3-6-10-25)29-15-14-28-21-30(49-2)17-16-27(28)20-29/h3-23,46H,1-2H3,(H2,43,44,45). The first kappa shape index (κ1) is 28.6. The van der Waals surface area contributed by atoms with E-state index >= 15 is 0 Å². The van der Waals surface area contributed by atoms with Gasteiger partial charge in [0.05, 0.1) is 40.5 Å². The van der Waals surface area contributed by atoms with Gasteiger partial charge in [-0.25, -0.2) is 19.9 Å². The number of hydrogen-bond donors (Lipinski definition) is 2. The fraction of sp³-hybridized carbons (Fsp3) is 0.0476. The van der Waals surface area contributed by atoms with Gasteiger partial charge in [-0.05, 0) is 70.8 Å². The number of H-pyrrole nitrogens is 1. The number of ether oxygens (including phenoxy) is 1. The van der Waals surface area contributed by atoms with Crippen LogP contribution in [0.1, 0.15) is 5.56 Å². The van der Waals surface area contributed by atoms with Crippen LogP contribution in [0.15, 0.2) is 128 Å². The van der Waals surface area contributed by atoms with Crippen molar-refractivity contribution in [3.8, 4) is 50.6 Å². The van der Waals surface area contributed by atoms with Crippen LogP contribution in [0.3, 0.4) is 0 Å². The highest BCUT2D eigenvalue weighted by molar-refractivity contribution is 6.20. The Morgan fingerprint density at radius 3 is 2.22 bits per heavy atom. The van der Waals surface area contributed by atoms with Crippen LogP contribution in [0.5, 0.6) is 5.75 Å². The van der Waals surface area contributed by atoms with E-state index in [1.165, 1.54) is 6.33 Å². The van der Waals surface area contributed by atoms with Gasteiger partial charge in [0, 0.05) is 22.0 Å². The molecule has 49 heavy (non-hydrogen) atoms. The molecule has 0 saturated carbocycles. The topological polar surface area (TPSA) is 103 Å². The number of aromatic amines is 1. The summed E-state index contributed by atoms with van der Waals surface area (Å²) >= 11 is 0. The van der Waals surface area contributed by atoms with E-state index in [-0.39, 0.29) is 0 Å². The monoisotopic (exact) mass is 634 g/mol. The summed E-state index contributed by atoms with van der Waals surface area (Å²) in [7, 11) is 1.68. The lowest BCUT2D eigenvalue weighted by Gasteiger charge is -2.16. The van der Waals surface area contributed by atoms with Gasteiger partial charge in [-0.1, -0.05) is 90.5 Å². The number of nitrogens with one attached hydrogen (secondary N) is 1. The fourth-order valence-electron chi connectivity index (χ4n) is 6.89. The SMILES string of the molecule is COc1ccc2cc(-c3cc(-c4ccccc4)nc4nc(-c5c(-c6ccccc6)[nH]c6ccc(C)cc56)c5c(N)ncnc5c34)ccc2c1. The van der Waals surface area contributed by atoms with Gasteiger partial charge in [-0.3, -0.25) is 0 Å². The molecule has 0 aliphatic carbocycles. The maximum atomic E-state index is 6.79. The van der Waals surface area contributed by atoms with Crippen LogP contribution < -0.4 is 10.5 Å². The highest BCUT2D eigenvalue weighted by atomic mass is 16.5. The Morgan fingerprint density at radius 2 is 1.43 bits per heavy atom. The van der Waals surface area contributed by atoms with Gasteiger partial charge in [0.2, 0.25) is 0 Å². The van der Waals surface area contributed by atoms with Gasteiger partial charge in [-0.2, -0.15) is 0 Å². The summed E-state index contributed by atoms with van der Waals surface area (Å²) in [4.78, 5) is 23.7. The smallest absolute Gasteiger partial charge is 0.163 e. The second-order valence-electron chi connectivity index (χ2n) is 12.3. The van der Waals surface area contributed by atoms with Crippen LogP contribution in [0.2, 0.25) is 0 Å². The zero-order valence-electron chi connectivity index (χ0n) is 26.9. The molecule has 0 saturated heterocycles. The average Bonchev–Trinajstić information content (AvgIpc) is 3.52. The molecule has 9 rings (SSSR count). The van der Waals surface area contributed by atoms with Crippen LogP contribution >= 0.6 is 0 Å². The van der Waals surface area contributed by atoms with E-state index in [0.717, 1.165) is 77.6 Å². The number of aromatic nitrogens is 5. The van der Waals surface area contributed by atoms with Crippen molar-refractivity contribution < 1.29 is 4.74 Å². The van der Waals surface area contributed by atoms with E-state index in [2.05, 4.69) is 89.7 Å². The summed E-state index contributed by atoms with van der Waals surface area (Å²) in [5, 5.41) is 4.73. The Morgan fingerprint density at radius 1 is 0.673 bits per heavy atom. The third-order valence-corrected chi connectivity index (χ3v) is 9.25. The molecule has 5 aromatic carbocycles. The number of methoxy groups -OCH3 is 1. The molecule has 0 radical (unpaired) electrons. The zero-order valence-corrected chi connectivity index (χ0v) is 26.9. The molecule has 0 bridgehead atoms. The summed E-state index contributed by atoms with van der Waals surface area (Å²) in [5.74, 6) is 1.18. The molecule has 3 N–H and O–H groups in total. The number of fused-ring (bicyclic) bond motifs is 5. The first-order valence-corrected chi connectivity index (χ1v) is 16.1. The maximum Gasteiger partial charge on any atom is 0.163 e. The number of hydrogen-bond acceptors (Lipinski definition) is 6. The number of benzene rings is 5. The summed E-state index contributed by atoms with van der Waals surface area (Å²) in [5.41, 5.74) is 17.6. The summed E-state index contributed by atoms with van der Waals surface area (Å²) in [6.45, 7) is 2.10. The van der Waals surface area contributed by atoms with Crippen molar-refractivity contribution in [3.05, 3.63) is 133 Å². The van der Waals surface area contributed by atoms with E-state index in [1.54, 1.807) is 7.11 Å². The van der Waals surface area contributed by atoms with Gasteiger partial charge in [-0.15, -0.1) is 0 Å². The minimum absolute atomic E-state index is 0.360. The maximum absolute atomic E-state index is 6.79. The molecule has 4 heterocycles. The Balaban J connectivity index is 1.42. The Kier molecular flexibility index (Phi) is 6.59. The van der Waals surface area contributed by atoms with Crippen LogP contribution in [-0.2, 0) is 0 Å². The molecule has 4 aromatic heterocycles. The van der Waals surface area contributed by atoms with E-state index in [9.17, 15) is 0 Å². The second-order valence-corrected chi connectivity index (χ2v) is 12.3. The summed E-state index contributed by atoms with van der Waals surface area (Å²) in [6, 6.07) is 41.6. The number of nitrogens with two attached hydrogens (primary N) is 1. The number of rotatable bonds is 5.